The molecule has 1 aromatic rings. The lowest BCUT2D eigenvalue weighted by molar-refractivity contribution is 0.0929. The third-order valence-electron chi connectivity index (χ3n) is 3.81. The Morgan fingerprint density at radius 1 is 1.25 bits per heavy atom. The van der Waals surface area contributed by atoms with Gasteiger partial charge in [0.2, 0.25) is 0 Å². The lowest BCUT2D eigenvalue weighted by Crippen LogP contribution is -2.46. The van der Waals surface area contributed by atoms with Crippen LogP contribution in [0.25, 0.3) is 0 Å². The highest BCUT2D eigenvalue weighted by Crippen LogP contribution is 2.18. The zero-order chi connectivity index (χ0) is 14.4. The fourth-order valence-electron chi connectivity index (χ4n) is 2.64. The van der Waals surface area contributed by atoms with Crippen LogP contribution in [0.5, 0.6) is 5.75 Å². The first-order chi connectivity index (χ1) is 9.70. The van der Waals surface area contributed by atoms with Crippen LogP contribution in [0.15, 0.2) is 24.3 Å². The average molecular weight is 276 g/mol. The second-order valence-corrected chi connectivity index (χ2v) is 5.34. The first kappa shape index (κ1) is 14.9. The van der Waals surface area contributed by atoms with Crippen LogP contribution < -0.4 is 15.8 Å². The molecule has 4 heteroatoms. The van der Waals surface area contributed by atoms with E-state index >= 15 is 0 Å². The Labute approximate surface area is 120 Å². The minimum absolute atomic E-state index is 0.0459. The maximum absolute atomic E-state index is 12.2. The van der Waals surface area contributed by atoms with E-state index in [0.29, 0.717) is 12.2 Å². The molecule has 0 radical (unpaired) electrons. The molecule has 1 fully saturated rings. The van der Waals surface area contributed by atoms with Crippen molar-refractivity contribution in [1.82, 2.24) is 5.32 Å². The fourth-order valence-corrected chi connectivity index (χ4v) is 2.64. The van der Waals surface area contributed by atoms with E-state index in [1.54, 1.807) is 12.1 Å². The molecular formula is C16H24N2O2. The van der Waals surface area contributed by atoms with Gasteiger partial charge < -0.3 is 15.8 Å². The Morgan fingerprint density at radius 2 is 1.95 bits per heavy atom. The summed E-state index contributed by atoms with van der Waals surface area (Å²) in [6.07, 6.45) is 5.49. The van der Waals surface area contributed by atoms with E-state index < -0.39 is 0 Å². The summed E-state index contributed by atoms with van der Waals surface area (Å²) in [6.45, 7) is 2.57. The van der Waals surface area contributed by atoms with Gasteiger partial charge in [0.15, 0.2) is 0 Å². The van der Waals surface area contributed by atoms with Gasteiger partial charge in [0, 0.05) is 17.6 Å². The Hall–Kier alpha value is -1.55. The van der Waals surface area contributed by atoms with Crippen LogP contribution in [0.4, 0.5) is 0 Å². The molecular weight excluding hydrogens is 252 g/mol. The SMILES string of the molecule is CCOc1ccc(C(=O)NC2CCCCCC2N)cc1. The number of hydrogen-bond acceptors (Lipinski definition) is 3. The largest absolute Gasteiger partial charge is 0.494 e. The molecule has 1 aliphatic carbocycles. The van der Waals surface area contributed by atoms with Crippen LogP contribution in [0.1, 0.15) is 49.4 Å². The minimum atomic E-state index is -0.0459. The number of hydrogen-bond donors (Lipinski definition) is 2. The third kappa shape index (κ3) is 3.97. The predicted octanol–water partition coefficient (Wildman–Crippen LogP) is 2.48. The monoisotopic (exact) mass is 276 g/mol. The van der Waals surface area contributed by atoms with Crippen LogP contribution in [0, 0.1) is 0 Å². The van der Waals surface area contributed by atoms with E-state index in [0.717, 1.165) is 31.4 Å². The zero-order valence-electron chi connectivity index (χ0n) is 12.1. The van der Waals surface area contributed by atoms with E-state index in [1.807, 2.05) is 19.1 Å². The summed E-state index contributed by atoms with van der Waals surface area (Å²) in [6, 6.07) is 7.41. The van der Waals surface area contributed by atoms with Crippen LogP contribution >= 0.6 is 0 Å². The van der Waals surface area contributed by atoms with E-state index in [1.165, 1.54) is 6.42 Å². The molecule has 1 saturated carbocycles. The van der Waals surface area contributed by atoms with Gasteiger partial charge in [0.1, 0.15) is 5.75 Å². The number of carbonyl (C=O) groups excluding carboxylic acids is 1. The molecule has 0 spiro atoms. The van der Waals surface area contributed by atoms with Crippen molar-refractivity contribution < 1.29 is 9.53 Å². The molecule has 0 heterocycles. The van der Waals surface area contributed by atoms with Gasteiger partial charge in [-0.05, 0) is 44.0 Å². The molecule has 1 aliphatic rings. The molecule has 2 atom stereocenters. The normalized spacial score (nSPS) is 22.9. The van der Waals surface area contributed by atoms with Gasteiger partial charge in [-0.3, -0.25) is 4.79 Å². The molecule has 3 N–H and O–H groups in total. The Kier molecular flexibility index (Phi) is 5.41. The summed E-state index contributed by atoms with van der Waals surface area (Å²) in [5.74, 6) is 0.741. The van der Waals surface area contributed by atoms with E-state index in [-0.39, 0.29) is 18.0 Å². The first-order valence-electron chi connectivity index (χ1n) is 7.50. The molecule has 2 unspecified atom stereocenters. The van der Waals surface area contributed by atoms with Crippen molar-refractivity contribution in [3.05, 3.63) is 29.8 Å². The molecule has 2 rings (SSSR count). The molecule has 20 heavy (non-hydrogen) atoms. The molecule has 110 valence electrons. The summed E-state index contributed by atoms with van der Waals surface area (Å²) in [5.41, 5.74) is 6.79. The molecule has 0 saturated heterocycles. The number of ether oxygens (including phenoxy) is 1. The number of nitrogens with one attached hydrogen (secondary N) is 1. The Morgan fingerprint density at radius 3 is 2.65 bits per heavy atom. The average Bonchev–Trinajstić information content (AvgIpc) is 2.65. The summed E-state index contributed by atoms with van der Waals surface area (Å²) in [5, 5.41) is 3.07. The molecule has 0 bridgehead atoms. The van der Waals surface area contributed by atoms with Crippen molar-refractivity contribution in [2.75, 3.05) is 6.61 Å². The summed E-state index contributed by atoms with van der Waals surface area (Å²) in [7, 11) is 0. The van der Waals surface area contributed by atoms with Crippen LogP contribution in [-0.2, 0) is 0 Å². The maximum Gasteiger partial charge on any atom is 0.251 e. The number of rotatable bonds is 4. The summed E-state index contributed by atoms with van der Waals surface area (Å²) in [4.78, 5) is 12.2. The van der Waals surface area contributed by atoms with E-state index in [4.69, 9.17) is 10.5 Å². The van der Waals surface area contributed by atoms with Crippen molar-refractivity contribution >= 4 is 5.91 Å². The number of nitrogens with two attached hydrogens (primary N) is 1. The van der Waals surface area contributed by atoms with Gasteiger partial charge in [0.25, 0.3) is 5.91 Å². The van der Waals surface area contributed by atoms with Crippen LogP contribution in [0.3, 0.4) is 0 Å². The van der Waals surface area contributed by atoms with Gasteiger partial charge >= 0.3 is 0 Å². The van der Waals surface area contributed by atoms with Crippen molar-refractivity contribution in [2.24, 2.45) is 5.73 Å². The predicted molar refractivity (Wildman–Crippen MR) is 79.9 cm³/mol. The summed E-state index contributed by atoms with van der Waals surface area (Å²) >= 11 is 0. The van der Waals surface area contributed by atoms with Gasteiger partial charge in [-0.2, -0.15) is 0 Å². The van der Waals surface area contributed by atoms with Crippen molar-refractivity contribution in [3.63, 3.8) is 0 Å². The fraction of sp³-hybridized carbons (Fsp3) is 0.562. The van der Waals surface area contributed by atoms with Crippen molar-refractivity contribution in [2.45, 2.75) is 51.1 Å². The minimum Gasteiger partial charge on any atom is -0.494 e. The van der Waals surface area contributed by atoms with Gasteiger partial charge in [0.05, 0.1) is 6.61 Å². The lowest BCUT2D eigenvalue weighted by Gasteiger charge is -2.22. The number of carbonyl (C=O) groups is 1. The molecule has 0 aromatic heterocycles. The molecule has 0 aliphatic heterocycles. The highest BCUT2D eigenvalue weighted by atomic mass is 16.5. The molecule has 1 aromatic carbocycles. The quantitative estimate of drug-likeness (QED) is 0.830. The highest BCUT2D eigenvalue weighted by molar-refractivity contribution is 5.94. The molecule has 1 amide bonds. The van der Waals surface area contributed by atoms with E-state index in [9.17, 15) is 4.79 Å². The zero-order valence-corrected chi connectivity index (χ0v) is 12.1. The number of benzene rings is 1. The first-order valence-corrected chi connectivity index (χ1v) is 7.50. The van der Waals surface area contributed by atoms with E-state index in [2.05, 4.69) is 5.32 Å². The van der Waals surface area contributed by atoms with Crippen molar-refractivity contribution in [3.8, 4) is 5.75 Å². The number of amides is 1. The van der Waals surface area contributed by atoms with Gasteiger partial charge in [-0.1, -0.05) is 19.3 Å². The van der Waals surface area contributed by atoms with Gasteiger partial charge in [-0.15, -0.1) is 0 Å². The maximum atomic E-state index is 12.2. The second kappa shape index (κ2) is 7.29. The lowest BCUT2D eigenvalue weighted by atomic mass is 10.0. The Balaban J connectivity index is 1.96. The molecule has 4 nitrogen and oxygen atoms in total. The standard InChI is InChI=1S/C16H24N2O2/c1-2-20-13-10-8-12(9-11-13)16(19)18-15-7-5-3-4-6-14(15)17/h8-11,14-15H,2-7,17H2,1H3,(H,18,19). The second-order valence-electron chi connectivity index (χ2n) is 5.34. The van der Waals surface area contributed by atoms with Gasteiger partial charge in [-0.25, -0.2) is 0 Å². The smallest absolute Gasteiger partial charge is 0.251 e. The topological polar surface area (TPSA) is 64.3 Å². The highest BCUT2D eigenvalue weighted by Gasteiger charge is 2.22. The van der Waals surface area contributed by atoms with Crippen LogP contribution in [-0.4, -0.2) is 24.6 Å². The Bertz CT molecular complexity index is 431. The third-order valence-corrected chi connectivity index (χ3v) is 3.81. The summed E-state index contributed by atoms with van der Waals surface area (Å²) < 4.78 is 5.37. The van der Waals surface area contributed by atoms with Crippen LogP contribution in [0.2, 0.25) is 0 Å². The van der Waals surface area contributed by atoms with Crippen molar-refractivity contribution in [1.29, 1.82) is 0 Å².